The SMILES string of the molecule is C=CC(=O)N[C@H]1C[C@H](CC)CC[C@H]1Nc1ncc2c(n1)N(C)C(=O)N(c1c(Cl)c(OC)cc(OC)c1Cl)C2.C=CC(=O)N[C@H]1C[C@H](CC)CC[C@H]1Nc1ncc2c(n1)N(C)C(=O)N(c1c(Cl)c(OC)cc(OC)c1Cl)C2.CC[C@@H]1CC[C@@H](Nc2ncc3c(n2)N(C)C(=O)N(c2c(Cl)c(OC)cc(OC)c2Cl)C3)[C@@H](NC(=O)OC(C)(C)C)C1.O=C=O.O=C=O.O=C=O. The summed E-state index contributed by atoms with van der Waals surface area (Å²) in [6.07, 6.45) is 19.2. The molecule has 0 saturated heterocycles. The van der Waals surface area contributed by atoms with E-state index >= 15 is 0 Å². The van der Waals surface area contributed by atoms with Crippen LogP contribution in [0.15, 0.2) is 62.1 Å². The second kappa shape index (κ2) is 47.2. The van der Waals surface area contributed by atoms with Gasteiger partial charge in [0.05, 0.1) is 85.4 Å². The molecule has 37 nitrogen and oxygen atoms in total. The Morgan fingerprint density at radius 1 is 0.429 bits per heavy atom. The van der Waals surface area contributed by atoms with Gasteiger partial charge in [-0.3, -0.25) is 39.0 Å². The maximum absolute atomic E-state index is 13.6. The van der Waals surface area contributed by atoms with Crippen molar-refractivity contribution >= 4 is 176 Å². The lowest BCUT2D eigenvalue weighted by Gasteiger charge is -2.38. The third-order valence-corrected chi connectivity index (χ3v) is 24.0. The monoisotopic (exact) mass is 1860 g/mol. The number of rotatable bonds is 23. The van der Waals surface area contributed by atoms with Crippen LogP contribution < -0.4 is 89.7 Å². The highest BCUT2D eigenvalue weighted by molar-refractivity contribution is 6.44. The van der Waals surface area contributed by atoms with Crippen molar-refractivity contribution in [2.45, 2.75) is 180 Å². The average Bonchev–Trinajstić information content (AvgIpc) is 0.763. The molecule has 3 aliphatic heterocycles. The van der Waals surface area contributed by atoms with Crippen LogP contribution in [-0.4, -0.2) is 190 Å². The van der Waals surface area contributed by atoms with Gasteiger partial charge in [0.25, 0.3) is 0 Å². The van der Waals surface area contributed by atoms with Gasteiger partial charge in [-0.15, -0.1) is 0 Å². The largest absolute Gasteiger partial charge is 0.495 e. The Kier molecular flexibility index (Phi) is 38.0. The number of ether oxygens (including phenoxy) is 7. The first-order chi connectivity index (χ1) is 60.0. The molecule has 6 aromatic rings. The number of nitrogens with zero attached hydrogens (tertiary/aromatic N) is 12. The zero-order chi connectivity index (χ0) is 93.3. The minimum atomic E-state index is -0.594. The highest BCUT2D eigenvalue weighted by Crippen LogP contribution is 2.52. The summed E-state index contributed by atoms with van der Waals surface area (Å²) in [5.74, 6) is 5.67. The average molecular weight is 1870 g/mol. The minimum absolute atomic E-state index is 0.0530. The molecule has 126 heavy (non-hydrogen) atoms. The Bertz CT molecular complexity index is 4730. The number of carbonyl (C=O) groups is 6. The Labute approximate surface area is 758 Å². The first kappa shape index (κ1) is 102. The molecular weight excluding hydrogens is 1770 g/mol. The molecular formula is C83H102Cl6N18O19. The summed E-state index contributed by atoms with van der Waals surface area (Å²) >= 11 is 39.5. The van der Waals surface area contributed by atoms with E-state index in [9.17, 15) is 28.8 Å². The van der Waals surface area contributed by atoms with Crippen LogP contribution in [0.4, 0.5) is 71.5 Å². The van der Waals surface area contributed by atoms with Gasteiger partial charge in [-0.1, -0.05) is 123 Å². The molecule has 9 amide bonds. The van der Waals surface area contributed by atoms with Gasteiger partial charge in [0.1, 0.15) is 87.7 Å². The number of anilines is 9. The third kappa shape index (κ3) is 24.8. The van der Waals surface area contributed by atoms with Gasteiger partial charge >= 0.3 is 42.6 Å². The van der Waals surface area contributed by atoms with Crippen molar-refractivity contribution in [2.75, 3.05) is 109 Å². The van der Waals surface area contributed by atoms with Crippen LogP contribution in [0.1, 0.15) is 135 Å². The smallest absolute Gasteiger partial charge is 0.407 e. The van der Waals surface area contributed by atoms with Gasteiger partial charge in [0.2, 0.25) is 29.7 Å². The van der Waals surface area contributed by atoms with Crippen LogP contribution in [0.3, 0.4) is 0 Å². The van der Waals surface area contributed by atoms with Gasteiger partial charge in [-0.25, -0.2) is 34.1 Å². The van der Waals surface area contributed by atoms with Crippen LogP contribution >= 0.6 is 69.6 Å². The second-order valence-corrected chi connectivity index (χ2v) is 32.6. The van der Waals surface area contributed by atoms with Gasteiger partial charge in [-0.05, 0) is 108 Å². The molecule has 3 aromatic carbocycles. The van der Waals surface area contributed by atoms with Crippen molar-refractivity contribution in [2.24, 2.45) is 17.8 Å². The molecule has 0 bridgehead atoms. The van der Waals surface area contributed by atoms with Crippen molar-refractivity contribution in [3.63, 3.8) is 0 Å². The molecule has 12 rings (SSSR count). The molecule has 3 aliphatic carbocycles. The molecule has 3 fully saturated rings. The molecule has 0 unspecified atom stereocenters. The highest BCUT2D eigenvalue weighted by atomic mass is 35.5. The standard InChI is InChI=1S/C28H38Cl2N6O5.2C26H32Cl2N6O4.3CO2/c1-8-15-9-10-17(18(11-15)33-26(37)41-28(2,3)4)32-25-31-13-16-14-36(27(38)35(5)24(16)34-25)23-21(29)19(39-6)12-20(40-7)22(23)30;2*1-6-14-8-9-16(17(10-14)30-20(35)7-2)31-25-29-12-15-13-34(26(36)33(3)24(15)32-25)23-21(27)18(37-4)11-19(38-5)22(23)28;3*2-1-3/h12-13,15,17-18H,8-11,14H2,1-7H3,(H,33,37)(H,31,32,34);2*7,11-12,14,16-17H,2,6,8-10,13H2,1,3-5H3,(H,30,35)(H,29,31,32);;;/t15-,17-,18+;2*14-,16-,17+;;;/m111.../s1. The molecule has 0 radical (unpaired) electrons. The van der Waals surface area contributed by atoms with E-state index in [1.807, 2.05) is 20.8 Å². The van der Waals surface area contributed by atoms with Crippen LogP contribution in [0.2, 0.25) is 30.1 Å². The summed E-state index contributed by atoms with van der Waals surface area (Å²) in [4.78, 5) is 162. The van der Waals surface area contributed by atoms with Crippen molar-refractivity contribution in [3.8, 4) is 34.5 Å². The second-order valence-electron chi connectivity index (χ2n) is 30.3. The first-order valence-electron chi connectivity index (χ1n) is 39.7. The summed E-state index contributed by atoms with van der Waals surface area (Å²) in [7, 11) is 13.7. The van der Waals surface area contributed by atoms with Gasteiger partial charge < -0.3 is 65.1 Å². The van der Waals surface area contributed by atoms with E-state index in [0.29, 0.717) is 104 Å². The fraction of sp³-hybridized carbons (Fsp3) is 0.482. The van der Waals surface area contributed by atoms with E-state index in [1.165, 1.54) is 84.2 Å². The number of nitrogens with one attached hydrogen (secondary N) is 6. The number of methoxy groups -OCH3 is 6. The summed E-state index contributed by atoms with van der Waals surface area (Å²) in [6, 6.07) is 3.04. The van der Waals surface area contributed by atoms with E-state index in [0.717, 1.165) is 77.0 Å². The van der Waals surface area contributed by atoms with Crippen LogP contribution in [0.25, 0.3) is 0 Å². The zero-order valence-electron chi connectivity index (χ0n) is 72.2. The van der Waals surface area contributed by atoms with E-state index in [1.54, 1.807) is 57.9 Å². The van der Waals surface area contributed by atoms with E-state index < -0.39 is 11.7 Å². The van der Waals surface area contributed by atoms with Gasteiger partial charge in [0, 0.05) is 105 Å². The molecule has 0 spiro atoms. The summed E-state index contributed by atoms with van der Waals surface area (Å²) < 4.78 is 37.7. The predicted molar refractivity (Wildman–Crippen MR) is 472 cm³/mol. The Morgan fingerprint density at radius 3 is 0.881 bits per heavy atom. The van der Waals surface area contributed by atoms with Gasteiger partial charge in [0.15, 0.2) is 0 Å². The lowest BCUT2D eigenvalue weighted by Crippen LogP contribution is -2.51. The van der Waals surface area contributed by atoms with Crippen LogP contribution in [0, 0.1) is 17.8 Å². The number of alkyl carbamates (subject to hydrolysis) is 1. The van der Waals surface area contributed by atoms with Crippen molar-refractivity contribution in [1.29, 1.82) is 0 Å². The fourth-order valence-electron chi connectivity index (χ4n) is 15.3. The van der Waals surface area contributed by atoms with E-state index in [-0.39, 0.29) is 151 Å². The number of amides is 9. The van der Waals surface area contributed by atoms with E-state index in [4.69, 9.17) is 132 Å². The number of urea groups is 3. The number of fused-ring (bicyclic) bond motifs is 3. The summed E-state index contributed by atoms with van der Waals surface area (Å²) in [6.45, 7) is 19.6. The molecule has 6 N–H and O–H groups in total. The number of carbonyl (C=O) groups excluding carboxylic acids is 12. The number of aromatic nitrogens is 6. The Balaban J connectivity index is 0.000000247. The number of benzene rings is 3. The third-order valence-electron chi connectivity index (χ3n) is 21.8. The fourth-order valence-corrected chi connectivity index (χ4v) is 17.4. The van der Waals surface area contributed by atoms with E-state index in [2.05, 4.69) is 95.7 Å². The topological polar surface area (TPSA) is 438 Å². The molecule has 3 saturated carbocycles. The summed E-state index contributed by atoms with van der Waals surface area (Å²) in [5.41, 5.74) is 2.35. The van der Waals surface area contributed by atoms with Crippen LogP contribution in [0.5, 0.6) is 34.5 Å². The Morgan fingerprint density at radius 2 is 0.667 bits per heavy atom. The lowest BCUT2D eigenvalue weighted by molar-refractivity contribution is -0.193. The zero-order valence-corrected chi connectivity index (χ0v) is 76.8. The Hall–Kier alpha value is -11.5. The summed E-state index contributed by atoms with van der Waals surface area (Å²) in [5, 5.41) is 20.4. The van der Waals surface area contributed by atoms with Gasteiger partial charge in [-0.2, -0.15) is 43.7 Å². The van der Waals surface area contributed by atoms with Crippen molar-refractivity contribution in [1.82, 2.24) is 45.9 Å². The minimum Gasteiger partial charge on any atom is -0.495 e. The number of hydrogen-bond acceptors (Lipinski definition) is 28. The number of hydrogen-bond donors (Lipinski definition) is 6. The normalized spacial score (nSPS) is 19.6. The first-order valence-corrected chi connectivity index (χ1v) is 42.0. The molecule has 6 aliphatic rings. The maximum atomic E-state index is 13.6. The highest BCUT2D eigenvalue weighted by Gasteiger charge is 2.42. The molecule has 9 atom stereocenters. The van der Waals surface area contributed by atoms with Crippen molar-refractivity contribution < 1.29 is 90.7 Å². The van der Waals surface area contributed by atoms with Crippen LogP contribution in [-0.2, 0) is 62.7 Å². The maximum Gasteiger partial charge on any atom is 0.407 e. The molecule has 6 heterocycles. The predicted octanol–water partition coefficient (Wildman–Crippen LogP) is 14.6. The molecule has 680 valence electrons. The molecule has 3 aromatic heterocycles. The lowest BCUT2D eigenvalue weighted by atomic mass is 9.81. The quantitative estimate of drug-likeness (QED) is 0.0324. The van der Waals surface area contributed by atoms with Crippen molar-refractivity contribution in [3.05, 3.63) is 109 Å². The number of halogens is 6. The molecule has 43 heteroatoms.